The summed E-state index contributed by atoms with van der Waals surface area (Å²) < 4.78 is 5.00. The second-order valence-electron chi connectivity index (χ2n) is 23.1. The summed E-state index contributed by atoms with van der Waals surface area (Å²) in [4.78, 5) is 5.39. The second-order valence-corrected chi connectivity index (χ2v) is 23.1. The van der Waals surface area contributed by atoms with Crippen LogP contribution in [0.3, 0.4) is 0 Å². The number of aryl methyl sites for hydroxylation is 6. The highest BCUT2D eigenvalue weighted by Crippen LogP contribution is 2.57. The van der Waals surface area contributed by atoms with Crippen LogP contribution in [0.2, 0.25) is 0 Å². The molecule has 0 spiro atoms. The Balaban J connectivity index is 1.03. The Morgan fingerprint density at radius 1 is 0.275 bits per heavy atom. The van der Waals surface area contributed by atoms with Gasteiger partial charge in [0.1, 0.15) is 0 Å². The van der Waals surface area contributed by atoms with Gasteiger partial charge < -0.3 is 18.9 Å². The molecule has 0 unspecified atom stereocenters. The number of hydrogen-bond acceptors (Lipinski definition) is 2. The lowest BCUT2D eigenvalue weighted by Crippen LogP contribution is -2.62. The van der Waals surface area contributed by atoms with E-state index < -0.39 is 0 Å². The number of aromatic nitrogens is 2. The molecule has 0 saturated carbocycles. The summed E-state index contributed by atoms with van der Waals surface area (Å²) >= 11 is 0. The molecular weight excluding hydrogens is 966 g/mol. The van der Waals surface area contributed by atoms with Crippen LogP contribution in [0.1, 0.15) is 33.4 Å². The molecule has 0 fully saturated rings. The molecule has 0 saturated heterocycles. The van der Waals surface area contributed by atoms with Crippen LogP contribution in [-0.2, 0) is 0 Å². The van der Waals surface area contributed by atoms with Crippen molar-refractivity contribution in [2.45, 2.75) is 41.5 Å². The number of hydrogen-bond donors (Lipinski definition) is 0. The van der Waals surface area contributed by atoms with E-state index >= 15 is 0 Å². The molecule has 0 radical (unpaired) electrons. The molecule has 12 aromatic carbocycles. The minimum Gasteiger partial charge on any atom is -0.309 e. The van der Waals surface area contributed by atoms with Gasteiger partial charge in [0.25, 0.3) is 0 Å². The SMILES string of the molecule is Cc1cc(C)c(B2c3cc(-n4c5ccccc5c5ccccc54)ccc3N3c4cc5ccccc5c5c4N(c4ccc(-n6c7ccccc7c7ccccc76)cc4B5c4c(C)cc(C)cc4C)c4cc5ccccc5c2c43)c(C)c1. The van der Waals surface area contributed by atoms with Gasteiger partial charge in [-0.25, -0.2) is 0 Å². The van der Waals surface area contributed by atoms with Crippen LogP contribution in [0.25, 0.3) is 76.5 Å². The first kappa shape index (κ1) is 45.5. The standard InChI is InChI=1S/C74H54B2N4/c1-43-35-45(3)69(46(4)36-43)75-59-41-51(77-61-27-15-11-23-55(61)56-24-12-16-28-62(56)77)31-33-65(59)79-68-40-50-20-8-10-22-54(50)72-74(68)80(67-39-49-19-7-9-21-53(49)71(75)73(67)79)66-34-32-52(42-60(66)76(72)70-47(5)37-44(2)38-48(70)6)78-63-29-17-13-25-57(63)58-26-14-18-30-64(58)78/h7-42H,1-6H3. The summed E-state index contributed by atoms with van der Waals surface area (Å²) in [5.41, 5.74) is 30.4. The van der Waals surface area contributed by atoms with Gasteiger partial charge in [0, 0.05) is 44.3 Å². The van der Waals surface area contributed by atoms with E-state index in [2.05, 4.69) is 279 Å². The highest BCUT2D eigenvalue weighted by Gasteiger charge is 2.49. The van der Waals surface area contributed by atoms with E-state index in [0.29, 0.717) is 0 Å². The Hall–Kier alpha value is -9.51. The predicted octanol–water partition coefficient (Wildman–Crippen LogP) is 14.9. The molecule has 14 aromatic rings. The van der Waals surface area contributed by atoms with Gasteiger partial charge in [0.15, 0.2) is 0 Å². The number of fused-ring (bicyclic) bond motifs is 16. The van der Waals surface area contributed by atoms with Gasteiger partial charge in [0.2, 0.25) is 13.4 Å². The van der Waals surface area contributed by atoms with E-state index in [0.717, 1.165) is 11.4 Å². The number of nitrogens with zero attached hydrogens (tertiary/aromatic N) is 4. The van der Waals surface area contributed by atoms with Crippen molar-refractivity contribution >= 4 is 145 Å². The third-order valence-corrected chi connectivity index (χ3v) is 18.4. The molecule has 0 N–H and O–H groups in total. The van der Waals surface area contributed by atoms with E-state index in [-0.39, 0.29) is 13.4 Å². The molecule has 6 heteroatoms. The first-order chi connectivity index (χ1) is 39.2. The monoisotopic (exact) mass is 1020 g/mol. The van der Waals surface area contributed by atoms with Gasteiger partial charge in [-0.3, -0.25) is 0 Å². The molecular formula is C74H54B2N4. The highest BCUT2D eigenvalue weighted by molar-refractivity contribution is 7.01. The van der Waals surface area contributed by atoms with Gasteiger partial charge in [-0.05, 0) is 158 Å². The zero-order valence-corrected chi connectivity index (χ0v) is 45.7. The van der Waals surface area contributed by atoms with Crippen molar-refractivity contribution in [3.8, 4) is 11.4 Å². The Bertz CT molecular complexity index is 4610. The van der Waals surface area contributed by atoms with Gasteiger partial charge >= 0.3 is 0 Å². The van der Waals surface area contributed by atoms with Gasteiger partial charge in [-0.2, -0.15) is 0 Å². The number of benzene rings is 12. The number of anilines is 6. The first-order valence-electron chi connectivity index (χ1n) is 28.3. The fourth-order valence-corrected chi connectivity index (χ4v) is 15.7. The zero-order valence-electron chi connectivity index (χ0n) is 45.7. The Kier molecular flexibility index (Phi) is 9.39. The van der Waals surface area contributed by atoms with Crippen molar-refractivity contribution in [1.82, 2.24) is 9.13 Å². The van der Waals surface area contributed by atoms with Crippen molar-refractivity contribution in [2.75, 3.05) is 9.80 Å². The average molecular weight is 1020 g/mol. The van der Waals surface area contributed by atoms with Crippen molar-refractivity contribution in [2.24, 2.45) is 0 Å². The Morgan fingerprint density at radius 2 is 0.588 bits per heavy atom. The maximum atomic E-state index is 2.70. The Labute approximate surface area is 466 Å². The molecule has 0 amide bonds. The van der Waals surface area contributed by atoms with Crippen LogP contribution in [0.5, 0.6) is 0 Å². The highest BCUT2D eigenvalue weighted by atomic mass is 15.3. The van der Waals surface area contributed by atoms with Crippen LogP contribution < -0.4 is 42.6 Å². The minimum atomic E-state index is -0.0937. The molecule has 4 nitrogen and oxygen atoms in total. The largest absolute Gasteiger partial charge is 0.309 e. The number of para-hydroxylation sites is 4. The second kappa shape index (κ2) is 16.5. The van der Waals surface area contributed by atoms with Crippen molar-refractivity contribution in [3.05, 3.63) is 252 Å². The maximum Gasteiger partial charge on any atom is 0.248 e. The van der Waals surface area contributed by atoms with Crippen molar-refractivity contribution in [3.63, 3.8) is 0 Å². The first-order valence-corrected chi connectivity index (χ1v) is 28.3. The third kappa shape index (κ3) is 6.08. The predicted molar refractivity (Wildman–Crippen MR) is 344 cm³/mol. The van der Waals surface area contributed by atoms with E-state index in [1.54, 1.807) is 0 Å². The molecule has 17 rings (SSSR count). The van der Waals surface area contributed by atoms with Crippen molar-refractivity contribution in [1.29, 1.82) is 0 Å². The van der Waals surface area contributed by atoms with Crippen LogP contribution in [0, 0.1) is 41.5 Å². The van der Waals surface area contributed by atoms with E-state index in [4.69, 9.17) is 0 Å². The Morgan fingerprint density at radius 3 is 0.938 bits per heavy atom. The van der Waals surface area contributed by atoms with Crippen LogP contribution in [0.4, 0.5) is 34.1 Å². The molecule has 80 heavy (non-hydrogen) atoms. The maximum absolute atomic E-state index is 2.70. The molecule has 3 aliphatic rings. The summed E-state index contributed by atoms with van der Waals surface area (Å²) in [5, 5.41) is 10.1. The fourth-order valence-electron chi connectivity index (χ4n) is 15.7. The van der Waals surface area contributed by atoms with Gasteiger partial charge in [-0.1, -0.05) is 190 Å². The zero-order chi connectivity index (χ0) is 53.4. The normalized spacial score (nSPS) is 13.3. The lowest BCUT2D eigenvalue weighted by molar-refractivity contribution is 1.16. The minimum absolute atomic E-state index is 0.0937. The summed E-state index contributed by atoms with van der Waals surface area (Å²) in [6.07, 6.45) is 0. The van der Waals surface area contributed by atoms with Gasteiger partial charge in [-0.15, -0.1) is 0 Å². The van der Waals surface area contributed by atoms with Crippen LogP contribution >= 0.6 is 0 Å². The molecule has 3 aliphatic heterocycles. The summed E-state index contributed by atoms with van der Waals surface area (Å²) in [6, 6.07) is 83.5. The molecule has 0 atom stereocenters. The molecule has 0 bridgehead atoms. The summed E-state index contributed by atoms with van der Waals surface area (Å²) in [7, 11) is 0. The molecule has 2 aromatic heterocycles. The molecule has 5 heterocycles. The van der Waals surface area contributed by atoms with Crippen LogP contribution in [-0.4, -0.2) is 22.6 Å². The van der Waals surface area contributed by atoms with E-state index in [1.807, 2.05) is 0 Å². The topological polar surface area (TPSA) is 16.3 Å². The fraction of sp³-hybridized carbons (Fsp3) is 0.0811. The lowest BCUT2D eigenvalue weighted by Gasteiger charge is -2.50. The number of rotatable bonds is 4. The quantitative estimate of drug-likeness (QED) is 0.163. The third-order valence-electron chi connectivity index (χ3n) is 18.4. The van der Waals surface area contributed by atoms with Crippen molar-refractivity contribution < 1.29 is 0 Å². The molecule has 376 valence electrons. The lowest BCUT2D eigenvalue weighted by atomic mass is 9.32. The summed E-state index contributed by atoms with van der Waals surface area (Å²) in [5.74, 6) is 0. The van der Waals surface area contributed by atoms with Crippen LogP contribution in [0.15, 0.2) is 218 Å². The van der Waals surface area contributed by atoms with E-state index in [9.17, 15) is 0 Å². The smallest absolute Gasteiger partial charge is 0.248 e. The van der Waals surface area contributed by atoms with E-state index in [1.165, 1.54) is 165 Å². The molecule has 0 aliphatic carbocycles. The van der Waals surface area contributed by atoms with Gasteiger partial charge in [0.05, 0.1) is 44.8 Å². The summed E-state index contributed by atoms with van der Waals surface area (Å²) in [6.45, 7) is 13.7. The average Bonchev–Trinajstić information content (AvgIpc) is 4.07.